The van der Waals surface area contributed by atoms with Gasteiger partial charge in [0.05, 0.1) is 6.04 Å². The summed E-state index contributed by atoms with van der Waals surface area (Å²) < 4.78 is 0. The maximum Gasteiger partial charge on any atom is 0.251 e. The third-order valence-electron chi connectivity index (χ3n) is 5.32. The highest BCUT2D eigenvalue weighted by molar-refractivity contribution is 5.98. The molecule has 0 heterocycles. The number of ketones is 1. The van der Waals surface area contributed by atoms with Crippen molar-refractivity contribution in [3.8, 4) is 0 Å². The lowest BCUT2D eigenvalue weighted by Crippen LogP contribution is -2.43. The Hall–Kier alpha value is -3.20. The van der Waals surface area contributed by atoms with Crippen LogP contribution in [0.1, 0.15) is 39.5 Å². The minimum absolute atomic E-state index is 0.0227. The molecule has 3 aromatic rings. The Balaban J connectivity index is 1.82. The van der Waals surface area contributed by atoms with E-state index in [1.165, 1.54) is 5.56 Å². The predicted molar refractivity (Wildman–Crippen MR) is 117 cm³/mol. The van der Waals surface area contributed by atoms with Crippen molar-refractivity contribution >= 4 is 11.7 Å². The molecule has 0 aromatic heterocycles. The molecule has 1 N–H and O–H groups in total. The van der Waals surface area contributed by atoms with Gasteiger partial charge in [0.15, 0.2) is 5.78 Å². The van der Waals surface area contributed by atoms with Crippen molar-refractivity contribution in [2.45, 2.75) is 39.2 Å². The van der Waals surface area contributed by atoms with Gasteiger partial charge >= 0.3 is 0 Å². The Morgan fingerprint density at radius 1 is 0.828 bits per heavy atom. The summed E-state index contributed by atoms with van der Waals surface area (Å²) in [6, 6.07) is 24.4. The molecule has 29 heavy (non-hydrogen) atoms. The quantitative estimate of drug-likeness (QED) is 0.610. The summed E-state index contributed by atoms with van der Waals surface area (Å²) in [7, 11) is 0. The van der Waals surface area contributed by atoms with E-state index >= 15 is 0 Å². The van der Waals surface area contributed by atoms with Crippen LogP contribution in [-0.4, -0.2) is 17.7 Å². The molecule has 3 aromatic carbocycles. The first kappa shape index (κ1) is 20.5. The maximum atomic E-state index is 13.2. The molecule has 0 fully saturated rings. The predicted octanol–water partition coefficient (Wildman–Crippen LogP) is 4.71. The SMILES string of the molecule is CCc1cccc(CC(=O)C(Cc2ccccc2)NC(=O)c2ccccc2)c1C. The van der Waals surface area contributed by atoms with E-state index in [0.717, 1.165) is 23.1 Å². The fraction of sp³-hybridized carbons (Fsp3) is 0.231. The Morgan fingerprint density at radius 3 is 2.10 bits per heavy atom. The number of aryl methyl sites for hydroxylation is 1. The maximum absolute atomic E-state index is 13.2. The zero-order valence-electron chi connectivity index (χ0n) is 17.0. The number of rotatable bonds is 8. The van der Waals surface area contributed by atoms with Gasteiger partial charge in [-0.3, -0.25) is 9.59 Å². The van der Waals surface area contributed by atoms with Crippen molar-refractivity contribution in [2.75, 3.05) is 0 Å². The summed E-state index contributed by atoms with van der Waals surface area (Å²) in [4.78, 5) is 25.9. The molecule has 3 heteroatoms. The summed E-state index contributed by atoms with van der Waals surface area (Å²) in [6.45, 7) is 4.18. The number of hydrogen-bond donors (Lipinski definition) is 1. The highest BCUT2D eigenvalue weighted by atomic mass is 16.2. The second-order valence-corrected chi connectivity index (χ2v) is 7.28. The van der Waals surface area contributed by atoms with Crippen LogP contribution in [0.15, 0.2) is 78.9 Å². The Bertz CT molecular complexity index is 965. The monoisotopic (exact) mass is 385 g/mol. The molecule has 0 aliphatic carbocycles. The second kappa shape index (κ2) is 9.83. The molecule has 0 bridgehead atoms. The molecule has 1 atom stereocenters. The fourth-order valence-electron chi connectivity index (χ4n) is 3.55. The van der Waals surface area contributed by atoms with E-state index in [1.54, 1.807) is 12.1 Å². The van der Waals surface area contributed by atoms with Gasteiger partial charge in [-0.05, 0) is 54.2 Å². The van der Waals surface area contributed by atoms with E-state index in [1.807, 2.05) is 60.7 Å². The summed E-state index contributed by atoms with van der Waals surface area (Å²) in [5.41, 5.74) is 5.03. The van der Waals surface area contributed by atoms with E-state index in [4.69, 9.17) is 0 Å². The fourth-order valence-corrected chi connectivity index (χ4v) is 3.55. The zero-order valence-corrected chi connectivity index (χ0v) is 17.0. The molecule has 0 spiro atoms. The van der Waals surface area contributed by atoms with Gasteiger partial charge in [-0.1, -0.05) is 73.7 Å². The number of hydrogen-bond acceptors (Lipinski definition) is 2. The van der Waals surface area contributed by atoms with E-state index < -0.39 is 6.04 Å². The molecule has 0 radical (unpaired) electrons. The number of carbonyl (C=O) groups excluding carboxylic acids is 2. The smallest absolute Gasteiger partial charge is 0.251 e. The van der Waals surface area contributed by atoms with Crippen molar-refractivity contribution in [1.82, 2.24) is 5.32 Å². The molecule has 3 rings (SSSR count). The van der Waals surface area contributed by atoms with Crippen LogP contribution in [0.25, 0.3) is 0 Å². The standard InChI is InChI=1S/C26H27NO2/c1-3-21-15-10-16-23(19(21)2)18-25(28)24(17-20-11-6-4-7-12-20)27-26(29)22-13-8-5-9-14-22/h4-16,24H,3,17-18H2,1-2H3,(H,27,29). The van der Waals surface area contributed by atoms with Gasteiger partial charge in [-0.2, -0.15) is 0 Å². The molecule has 1 amide bonds. The van der Waals surface area contributed by atoms with Gasteiger partial charge in [0, 0.05) is 12.0 Å². The van der Waals surface area contributed by atoms with Gasteiger partial charge < -0.3 is 5.32 Å². The van der Waals surface area contributed by atoms with Crippen LogP contribution in [0, 0.1) is 6.92 Å². The van der Waals surface area contributed by atoms with Crippen molar-refractivity contribution < 1.29 is 9.59 Å². The first-order valence-corrected chi connectivity index (χ1v) is 10.1. The topological polar surface area (TPSA) is 46.2 Å². The van der Waals surface area contributed by atoms with Gasteiger partial charge in [0.1, 0.15) is 0 Å². The van der Waals surface area contributed by atoms with Crippen LogP contribution in [0.4, 0.5) is 0 Å². The van der Waals surface area contributed by atoms with Crippen LogP contribution in [0.3, 0.4) is 0 Å². The average Bonchev–Trinajstić information content (AvgIpc) is 2.76. The van der Waals surface area contributed by atoms with Gasteiger partial charge in [-0.15, -0.1) is 0 Å². The van der Waals surface area contributed by atoms with E-state index in [2.05, 4.69) is 25.2 Å². The molecule has 148 valence electrons. The van der Waals surface area contributed by atoms with E-state index in [9.17, 15) is 9.59 Å². The second-order valence-electron chi connectivity index (χ2n) is 7.28. The average molecular weight is 386 g/mol. The third kappa shape index (κ3) is 5.41. The normalized spacial score (nSPS) is 11.7. The number of benzene rings is 3. The largest absolute Gasteiger partial charge is 0.342 e. The van der Waals surface area contributed by atoms with Crippen molar-refractivity contribution in [1.29, 1.82) is 0 Å². The lowest BCUT2D eigenvalue weighted by Gasteiger charge is -2.19. The van der Waals surface area contributed by atoms with Crippen LogP contribution in [0.5, 0.6) is 0 Å². The number of nitrogens with one attached hydrogen (secondary N) is 1. The molecule has 0 saturated heterocycles. The molecule has 0 saturated carbocycles. The summed E-state index contributed by atoms with van der Waals surface area (Å²) in [5.74, 6) is -0.201. The minimum Gasteiger partial charge on any atom is -0.342 e. The summed E-state index contributed by atoms with van der Waals surface area (Å²) >= 11 is 0. The molecule has 0 aliphatic rings. The van der Waals surface area contributed by atoms with Crippen molar-refractivity contribution in [2.24, 2.45) is 0 Å². The zero-order chi connectivity index (χ0) is 20.6. The summed E-state index contributed by atoms with van der Waals surface area (Å²) in [6.07, 6.45) is 1.73. The van der Waals surface area contributed by atoms with Gasteiger partial charge in [0.25, 0.3) is 5.91 Å². The molecule has 1 unspecified atom stereocenters. The van der Waals surface area contributed by atoms with Crippen LogP contribution < -0.4 is 5.32 Å². The Morgan fingerprint density at radius 2 is 1.45 bits per heavy atom. The summed E-state index contributed by atoms with van der Waals surface area (Å²) in [5, 5.41) is 2.96. The van der Waals surface area contributed by atoms with Crippen molar-refractivity contribution in [3.63, 3.8) is 0 Å². The number of carbonyl (C=O) groups is 2. The number of Topliss-reactive ketones (excluding diaryl/α,β-unsaturated/α-hetero) is 1. The highest BCUT2D eigenvalue weighted by Gasteiger charge is 2.22. The third-order valence-corrected chi connectivity index (χ3v) is 5.32. The molecular formula is C26H27NO2. The Labute approximate surface area is 172 Å². The van der Waals surface area contributed by atoms with E-state index in [0.29, 0.717) is 18.4 Å². The lowest BCUT2D eigenvalue weighted by atomic mass is 9.93. The van der Waals surface area contributed by atoms with Crippen LogP contribution in [0.2, 0.25) is 0 Å². The molecule has 0 aliphatic heterocycles. The van der Waals surface area contributed by atoms with Crippen LogP contribution >= 0.6 is 0 Å². The van der Waals surface area contributed by atoms with Crippen molar-refractivity contribution in [3.05, 3.63) is 107 Å². The van der Waals surface area contributed by atoms with Gasteiger partial charge in [-0.25, -0.2) is 0 Å². The lowest BCUT2D eigenvalue weighted by molar-refractivity contribution is -0.120. The first-order chi connectivity index (χ1) is 14.1. The first-order valence-electron chi connectivity index (χ1n) is 10.1. The van der Waals surface area contributed by atoms with Crippen LogP contribution in [-0.2, 0) is 24.1 Å². The molecule has 3 nitrogen and oxygen atoms in total. The number of amides is 1. The molecular weight excluding hydrogens is 358 g/mol. The highest BCUT2D eigenvalue weighted by Crippen LogP contribution is 2.17. The minimum atomic E-state index is -0.574. The van der Waals surface area contributed by atoms with Gasteiger partial charge in [0.2, 0.25) is 0 Å². The van der Waals surface area contributed by atoms with E-state index in [-0.39, 0.29) is 11.7 Å². The Kier molecular flexibility index (Phi) is 6.96.